The van der Waals surface area contributed by atoms with Gasteiger partial charge in [0.25, 0.3) is 0 Å². The fourth-order valence-corrected chi connectivity index (χ4v) is 8.40. The second kappa shape index (κ2) is 12.3. The Bertz CT molecular complexity index is 2690. The second-order valence-electron chi connectivity index (χ2n) is 14.5. The molecular weight excluding hydrogens is 643 g/mol. The molecule has 1 aliphatic carbocycles. The van der Waals surface area contributed by atoms with Crippen LogP contribution < -0.4 is 4.90 Å². The summed E-state index contributed by atoms with van der Waals surface area (Å²) in [6, 6.07) is 67.6. The summed E-state index contributed by atoms with van der Waals surface area (Å²) < 4.78 is 7.00. The van der Waals surface area contributed by atoms with Gasteiger partial charge in [0.15, 0.2) is 0 Å². The van der Waals surface area contributed by atoms with E-state index in [0.29, 0.717) is 0 Å². The minimum atomic E-state index is -0.0850. The lowest BCUT2D eigenvalue weighted by atomic mass is 9.82. The molecule has 0 aliphatic heterocycles. The van der Waals surface area contributed by atoms with Crippen LogP contribution >= 0.6 is 0 Å². The van der Waals surface area contributed by atoms with Gasteiger partial charge in [-0.25, -0.2) is 0 Å². The van der Waals surface area contributed by atoms with Crippen molar-refractivity contribution in [2.45, 2.75) is 19.3 Å². The predicted octanol–water partition coefficient (Wildman–Crippen LogP) is 14.4. The van der Waals surface area contributed by atoms with Crippen LogP contribution in [0.25, 0.3) is 66.4 Å². The minimum Gasteiger partial charge on any atom is -0.455 e. The first-order chi connectivity index (χ1) is 26.0. The van der Waals surface area contributed by atoms with Crippen molar-refractivity contribution in [3.8, 4) is 44.5 Å². The molecule has 10 rings (SSSR count). The number of hydrogen-bond acceptors (Lipinski definition) is 2. The number of nitrogens with zero attached hydrogens (tertiary/aromatic N) is 1. The van der Waals surface area contributed by atoms with E-state index < -0.39 is 0 Å². The van der Waals surface area contributed by atoms with E-state index in [1.807, 2.05) is 0 Å². The zero-order valence-corrected chi connectivity index (χ0v) is 29.8. The maximum atomic E-state index is 7.00. The lowest BCUT2D eigenvalue weighted by molar-refractivity contribution is 0.653. The molecule has 0 atom stereocenters. The van der Waals surface area contributed by atoms with Gasteiger partial charge in [-0.15, -0.1) is 0 Å². The molecule has 0 saturated carbocycles. The fourth-order valence-electron chi connectivity index (χ4n) is 8.40. The highest BCUT2D eigenvalue weighted by atomic mass is 16.3. The molecule has 0 fully saturated rings. The molecule has 8 aromatic carbocycles. The zero-order chi connectivity index (χ0) is 35.5. The van der Waals surface area contributed by atoms with Gasteiger partial charge in [0.1, 0.15) is 11.2 Å². The van der Waals surface area contributed by atoms with Crippen molar-refractivity contribution >= 4 is 39.0 Å². The normalized spacial score (nSPS) is 12.9. The van der Waals surface area contributed by atoms with Crippen molar-refractivity contribution in [2.75, 3.05) is 4.90 Å². The zero-order valence-electron chi connectivity index (χ0n) is 29.8. The lowest BCUT2D eigenvalue weighted by Gasteiger charge is -2.26. The molecule has 1 heterocycles. The number of hydrogen-bond donors (Lipinski definition) is 0. The van der Waals surface area contributed by atoms with E-state index in [4.69, 9.17) is 4.42 Å². The van der Waals surface area contributed by atoms with Crippen molar-refractivity contribution < 1.29 is 4.42 Å². The molecule has 0 amide bonds. The molecule has 9 aromatic rings. The Labute approximate surface area is 310 Å². The van der Waals surface area contributed by atoms with E-state index in [-0.39, 0.29) is 5.41 Å². The van der Waals surface area contributed by atoms with E-state index in [2.05, 4.69) is 207 Å². The summed E-state index contributed by atoms with van der Waals surface area (Å²) in [6.45, 7) is 4.64. The number of para-hydroxylation sites is 1. The van der Waals surface area contributed by atoms with Crippen molar-refractivity contribution in [1.29, 1.82) is 0 Å². The van der Waals surface area contributed by atoms with Gasteiger partial charge in [-0.1, -0.05) is 166 Å². The number of fused-ring (bicyclic) bond motifs is 7. The summed E-state index contributed by atoms with van der Waals surface area (Å²) in [5.74, 6) is 0. The monoisotopic (exact) mass is 679 g/mol. The molecule has 0 saturated heterocycles. The number of anilines is 3. The topological polar surface area (TPSA) is 16.4 Å². The Balaban J connectivity index is 1.11. The van der Waals surface area contributed by atoms with Gasteiger partial charge in [-0.05, 0) is 80.9 Å². The smallest absolute Gasteiger partial charge is 0.143 e. The van der Waals surface area contributed by atoms with Crippen molar-refractivity contribution in [3.05, 3.63) is 199 Å². The molecule has 0 radical (unpaired) electrons. The standard InChI is InChI=1S/C51H37NO/c1-51(2)46-22-10-9-19-45(46)48-47(51)32-31-44-43-21-12-20-42(49(43)53-50(44)48)38-17-11-18-41(33-38)52(39-27-23-36(24-28-39)34-13-5-3-6-14-34)40-29-25-37(26-30-40)35-15-7-4-8-16-35/h3-33H,1-2H3. The summed E-state index contributed by atoms with van der Waals surface area (Å²) in [5.41, 5.74) is 17.2. The van der Waals surface area contributed by atoms with Crippen LogP contribution in [0.15, 0.2) is 192 Å². The summed E-state index contributed by atoms with van der Waals surface area (Å²) in [5, 5.41) is 2.29. The van der Waals surface area contributed by atoms with Crippen LogP contribution in [-0.2, 0) is 5.41 Å². The van der Waals surface area contributed by atoms with Gasteiger partial charge in [-0.2, -0.15) is 0 Å². The Morgan fingerprint density at radius 3 is 1.57 bits per heavy atom. The summed E-state index contributed by atoms with van der Waals surface area (Å²) in [4.78, 5) is 2.34. The van der Waals surface area contributed by atoms with Gasteiger partial charge in [0.2, 0.25) is 0 Å². The van der Waals surface area contributed by atoms with Gasteiger partial charge in [0.05, 0.1) is 0 Å². The largest absolute Gasteiger partial charge is 0.455 e. The van der Waals surface area contributed by atoms with E-state index in [0.717, 1.165) is 50.1 Å². The van der Waals surface area contributed by atoms with Gasteiger partial charge in [0, 0.05) is 44.4 Å². The van der Waals surface area contributed by atoms with E-state index in [9.17, 15) is 0 Å². The summed E-state index contributed by atoms with van der Waals surface area (Å²) >= 11 is 0. The molecule has 0 bridgehead atoms. The highest BCUT2D eigenvalue weighted by Gasteiger charge is 2.37. The third-order valence-corrected chi connectivity index (χ3v) is 11.1. The predicted molar refractivity (Wildman–Crippen MR) is 222 cm³/mol. The molecule has 53 heavy (non-hydrogen) atoms. The lowest BCUT2D eigenvalue weighted by Crippen LogP contribution is -2.14. The average molecular weight is 680 g/mol. The molecular formula is C51H37NO. The third kappa shape index (κ3) is 5.10. The first kappa shape index (κ1) is 31.1. The van der Waals surface area contributed by atoms with Crippen molar-refractivity contribution in [3.63, 3.8) is 0 Å². The average Bonchev–Trinajstić information content (AvgIpc) is 3.71. The molecule has 0 spiro atoms. The van der Waals surface area contributed by atoms with Crippen LogP contribution in [0.3, 0.4) is 0 Å². The summed E-state index contributed by atoms with van der Waals surface area (Å²) in [7, 11) is 0. The summed E-state index contributed by atoms with van der Waals surface area (Å²) in [6.07, 6.45) is 0. The first-order valence-corrected chi connectivity index (χ1v) is 18.3. The van der Waals surface area contributed by atoms with E-state index in [1.54, 1.807) is 0 Å². The molecule has 0 N–H and O–H groups in total. The minimum absolute atomic E-state index is 0.0850. The van der Waals surface area contributed by atoms with Gasteiger partial charge >= 0.3 is 0 Å². The quantitative estimate of drug-likeness (QED) is 0.174. The highest BCUT2D eigenvalue weighted by Crippen LogP contribution is 2.53. The van der Waals surface area contributed by atoms with Crippen LogP contribution in [0.5, 0.6) is 0 Å². The Morgan fingerprint density at radius 2 is 0.906 bits per heavy atom. The molecule has 252 valence electrons. The van der Waals surface area contributed by atoms with Crippen LogP contribution in [-0.4, -0.2) is 0 Å². The maximum Gasteiger partial charge on any atom is 0.143 e. The third-order valence-electron chi connectivity index (χ3n) is 11.1. The van der Waals surface area contributed by atoms with E-state index >= 15 is 0 Å². The van der Waals surface area contributed by atoms with E-state index in [1.165, 1.54) is 44.5 Å². The highest BCUT2D eigenvalue weighted by molar-refractivity contribution is 6.14. The second-order valence-corrected chi connectivity index (χ2v) is 14.5. The SMILES string of the molecule is CC1(C)c2ccccc2-c2c1ccc1c2oc2c(-c3cccc(N(c4ccc(-c5ccccc5)cc4)c4ccc(-c5ccccc5)cc4)c3)cccc21. The Morgan fingerprint density at radius 1 is 0.377 bits per heavy atom. The Hall–Kier alpha value is -6.64. The van der Waals surface area contributed by atoms with Crippen LogP contribution in [0.4, 0.5) is 17.1 Å². The molecule has 2 nitrogen and oxygen atoms in total. The van der Waals surface area contributed by atoms with Crippen LogP contribution in [0, 0.1) is 0 Å². The number of furan rings is 1. The molecule has 0 unspecified atom stereocenters. The first-order valence-electron chi connectivity index (χ1n) is 18.3. The number of benzene rings is 8. The number of rotatable bonds is 6. The molecule has 2 heteroatoms. The van der Waals surface area contributed by atoms with Crippen LogP contribution in [0.1, 0.15) is 25.0 Å². The maximum absolute atomic E-state index is 7.00. The van der Waals surface area contributed by atoms with Crippen molar-refractivity contribution in [2.24, 2.45) is 0 Å². The Kier molecular flexibility index (Phi) is 7.19. The molecule has 1 aromatic heterocycles. The van der Waals surface area contributed by atoms with Gasteiger partial charge < -0.3 is 9.32 Å². The molecule has 1 aliphatic rings. The van der Waals surface area contributed by atoms with Crippen LogP contribution in [0.2, 0.25) is 0 Å². The van der Waals surface area contributed by atoms with Crippen molar-refractivity contribution in [1.82, 2.24) is 0 Å². The fraction of sp³-hybridized carbons (Fsp3) is 0.0588. The van der Waals surface area contributed by atoms with Gasteiger partial charge in [-0.3, -0.25) is 0 Å².